The van der Waals surface area contributed by atoms with E-state index in [1.165, 1.54) is 6.07 Å². The summed E-state index contributed by atoms with van der Waals surface area (Å²) >= 11 is 17.2. The molecule has 0 unspecified atom stereocenters. The minimum Gasteiger partial charge on any atom is -0.332 e. The summed E-state index contributed by atoms with van der Waals surface area (Å²) in [6.07, 6.45) is 1.01. The topological polar surface area (TPSA) is 41.1 Å². The van der Waals surface area contributed by atoms with Gasteiger partial charge in [-0.3, -0.25) is 10.1 Å². The van der Waals surface area contributed by atoms with E-state index in [1.807, 2.05) is 18.2 Å². The summed E-state index contributed by atoms with van der Waals surface area (Å²) < 4.78 is 0. The van der Waals surface area contributed by atoms with Crippen LogP contribution in [0.25, 0.3) is 0 Å². The Bertz CT molecular complexity index is 764. The van der Waals surface area contributed by atoms with E-state index < -0.39 is 5.91 Å². The van der Waals surface area contributed by atoms with E-state index >= 15 is 0 Å². The van der Waals surface area contributed by atoms with Gasteiger partial charge in [-0.2, -0.15) is 0 Å². The second-order valence-corrected chi connectivity index (χ2v) is 6.68. The van der Waals surface area contributed by atoms with Gasteiger partial charge in [0.2, 0.25) is 0 Å². The van der Waals surface area contributed by atoms with E-state index in [4.69, 9.17) is 35.4 Å². The number of benzene rings is 2. The van der Waals surface area contributed by atoms with Crippen LogP contribution in [-0.2, 0) is 0 Å². The molecule has 0 bridgehead atoms. The van der Waals surface area contributed by atoms with Crippen LogP contribution < -0.4 is 10.6 Å². The number of hydrogen-bond donors (Lipinski definition) is 2. The van der Waals surface area contributed by atoms with Crippen molar-refractivity contribution in [2.24, 2.45) is 0 Å². The minimum atomic E-state index is -0.402. The monoisotopic (exact) mass is 380 g/mol. The number of rotatable bonds is 4. The fraction of sp³-hybridized carbons (Fsp3) is 0.222. The first-order chi connectivity index (χ1) is 11.4. The van der Waals surface area contributed by atoms with E-state index in [0.717, 1.165) is 17.7 Å². The van der Waals surface area contributed by atoms with Gasteiger partial charge >= 0.3 is 0 Å². The highest BCUT2D eigenvalue weighted by atomic mass is 35.5. The highest BCUT2D eigenvalue weighted by Gasteiger charge is 2.14. The van der Waals surface area contributed by atoms with Crippen molar-refractivity contribution in [3.63, 3.8) is 0 Å². The molecular weight excluding hydrogens is 363 g/mol. The van der Waals surface area contributed by atoms with E-state index in [2.05, 4.69) is 30.5 Å². The van der Waals surface area contributed by atoms with Gasteiger partial charge in [0, 0.05) is 10.7 Å². The molecule has 0 heterocycles. The first kappa shape index (κ1) is 18.7. The van der Waals surface area contributed by atoms with Crippen molar-refractivity contribution in [1.82, 2.24) is 5.32 Å². The van der Waals surface area contributed by atoms with Gasteiger partial charge < -0.3 is 5.32 Å². The quantitative estimate of drug-likeness (QED) is 0.674. The molecule has 0 saturated heterocycles. The van der Waals surface area contributed by atoms with Crippen LogP contribution in [0.5, 0.6) is 0 Å². The number of halogens is 2. The third-order valence-corrected chi connectivity index (χ3v) is 4.52. The van der Waals surface area contributed by atoms with Crippen LogP contribution in [0.1, 0.15) is 42.1 Å². The van der Waals surface area contributed by atoms with Crippen LogP contribution in [0.2, 0.25) is 10.0 Å². The first-order valence-corrected chi connectivity index (χ1v) is 8.75. The summed E-state index contributed by atoms with van der Waals surface area (Å²) in [5.41, 5.74) is 2.32. The number of hydrogen-bond acceptors (Lipinski definition) is 2. The fourth-order valence-corrected chi connectivity index (χ4v) is 2.83. The molecule has 0 spiro atoms. The second-order valence-electron chi connectivity index (χ2n) is 5.43. The van der Waals surface area contributed by atoms with E-state index in [1.54, 1.807) is 12.1 Å². The van der Waals surface area contributed by atoms with Crippen molar-refractivity contribution in [3.8, 4) is 0 Å². The van der Waals surface area contributed by atoms with Crippen molar-refractivity contribution in [2.75, 3.05) is 5.32 Å². The van der Waals surface area contributed by atoms with Gasteiger partial charge in [0.15, 0.2) is 5.11 Å². The number of carbonyl (C=O) groups excluding carboxylic acids is 1. The number of carbonyl (C=O) groups is 1. The van der Waals surface area contributed by atoms with Crippen molar-refractivity contribution in [2.45, 2.75) is 26.2 Å². The third-order valence-electron chi connectivity index (χ3n) is 3.75. The molecule has 0 aromatic heterocycles. The molecule has 2 rings (SSSR count). The van der Waals surface area contributed by atoms with Crippen LogP contribution in [0.3, 0.4) is 0 Å². The van der Waals surface area contributed by atoms with Crippen LogP contribution in [0, 0.1) is 0 Å². The summed E-state index contributed by atoms with van der Waals surface area (Å²) in [6, 6.07) is 12.6. The Hall–Kier alpha value is -1.62. The van der Waals surface area contributed by atoms with Gasteiger partial charge in [0.05, 0.1) is 10.6 Å². The van der Waals surface area contributed by atoms with Gasteiger partial charge in [-0.15, -0.1) is 0 Å². The number of nitrogens with one attached hydrogen (secondary N) is 2. The van der Waals surface area contributed by atoms with E-state index in [-0.39, 0.29) is 10.7 Å². The predicted molar refractivity (Wildman–Crippen MR) is 105 cm³/mol. The van der Waals surface area contributed by atoms with Crippen LogP contribution >= 0.6 is 35.4 Å². The summed E-state index contributed by atoms with van der Waals surface area (Å²) in [5, 5.41) is 6.69. The van der Waals surface area contributed by atoms with Gasteiger partial charge in [-0.1, -0.05) is 55.2 Å². The summed E-state index contributed by atoms with van der Waals surface area (Å²) in [7, 11) is 0. The molecule has 2 aromatic rings. The Morgan fingerprint density at radius 2 is 1.92 bits per heavy atom. The molecule has 0 fully saturated rings. The Morgan fingerprint density at radius 3 is 2.62 bits per heavy atom. The lowest BCUT2D eigenvalue weighted by Crippen LogP contribution is -2.34. The Morgan fingerprint density at radius 1 is 1.21 bits per heavy atom. The zero-order chi connectivity index (χ0) is 17.7. The maximum absolute atomic E-state index is 12.3. The molecule has 0 aliphatic heterocycles. The average molecular weight is 381 g/mol. The Balaban J connectivity index is 2.11. The molecule has 2 aromatic carbocycles. The summed E-state index contributed by atoms with van der Waals surface area (Å²) in [5.74, 6) is -0.0180. The van der Waals surface area contributed by atoms with E-state index in [9.17, 15) is 4.79 Å². The molecule has 126 valence electrons. The lowest BCUT2D eigenvalue weighted by Gasteiger charge is -2.17. The molecule has 24 heavy (non-hydrogen) atoms. The highest BCUT2D eigenvalue weighted by molar-refractivity contribution is 7.80. The molecular formula is C18H18Cl2N2OS. The molecule has 0 saturated carbocycles. The average Bonchev–Trinajstić information content (AvgIpc) is 2.56. The molecule has 1 amide bonds. The van der Waals surface area contributed by atoms with Gasteiger partial charge in [0.1, 0.15) is 0 Å². The van der Waals surface area contributed by atoms with Crippen LogP contribution in [-0.4, -0.2) is 11.0 Å². The molecule has 3 nitrogen and oxygen atoms in total. The summed E-state index contributed by atoms with van der Waals surface area (Å²) in [4.78, 5) is 12.3. The fourth-order valence-electron chi connectivity index (χ4n) is 2.26. The van der Waals surface area contributed by atoms with E-state index in [0.29, 0.717) is 16.0 Å². The number of para-hydroxylation sites is 1. The normalized spacial score (nSPS) is 11.7. The van der Waals surface area contributed by atoms with Gasteiger partial charge in [-0.25, -0.2) is 0 Å². The number of anilines is 1. The molecule has 6 heteroatoms. The lowest BCUT2D eigenvalue weighted by atomic mass is 9.97. The minimum absolute atomic E-state index is 0.215. The smallest absolute Gasteiger partial charge is 0.258 e. The van der Waals surface area contributed by atoms with Crippen LogP contribution in [0.15, 0.2) is 42.5 Å². The molecule has 0 aliphatic rings. The van der Waals surface area contributed by atoms with Gasteiger partial charge in [0.25, 0.3) is 5.91 Å². The molecule has 1 atom stereocenters. The zero-order valence-electron chi connectivity index (χ0n) is 13.4. The Kier molecular flexibility index (Phi) is 6.60. The van der Waals surface area contributed by atoms with Crippen molar-refractivity contribution in [3.05, 3.63) is 63.6 Å². The third kappa shape index (κ3) is 4.69. The molecule has 0 aliphatic carbocycles. The number of amides is 1. The molecule has 0 radical (unpaired) electrons. The van der Waals surface area contributed by atoms with Crippen LogP contribution in [0.4, 0.5) is 5.69 Å². The first-order valence-electron chi connectivity index (χ1n) is 7.58. The van der Waals surface area contributed by atoms with Gasteiger partial charge in [-0.05, 0) is 54.4 Å². The zero-order valence-corrected chi connectivity index (χ0v) is 15.7. The highest BCUT2D eigenvalue weighted by Crippen LogP contribution is 2.26. The van der Waals surface area contributed by atoms with Crippen molar-refractivity contribution in [1.29, 1.82) is 0 Å². The van der Waals surface area contributed by atoms with Crippen molar-refractivity contribution < 1.29 is 4.79 Å². The summed E-state index contributed by atoms with van der Waals surface area (Å²) in [6.45, 7) is 4.27. The standard InChI is InChI=1S/C18H18Cl2N2OS/c1-3-11(2)13-6-4-5-7-16(13)21-18(24)22-17(23)14-10-12(19)8-9-15(14)20/h4-11H,3H2,1-2H3,(H2,21,22,23,24)/t11-/m1/s1. The maximum Gasteiger partial charge on any atom is 0.258 e. The number of thiocarbonyl (C=S) groups is 1. The second kappa shape index (κ2) is 8.47. The van der Waals surface area contributed by atoms with Crippen molar-refractivity contribution >= 4 is 52.1 Å². The molecule has 2 N–H and O–H groups in total. The SMILES string of the molecule is CC[C@@H](C)c1ccccc1NC(=S)NC(=O)c1cc(Cl)ccc1Cl. The Labute approximate surface area is 157 Å². The largest absolute Gasteiger partial charge is 0.332 e. The lowest BCUT2D eigenvalue weighted by molar-refractivity contribution is 0.0978. The predicted octanol–water partition coefficient (Wildman–Crippen LogP) is 5.63. The maximum atomic E-state index is 12.3.